The van der Waals surface area contributed by atoms with Crippen LogP contribution in [0.2, 0.25) is 0 Å². The second-order valence-electron chi connectivity index (χ2n) is 5.88. The minimum Gasteiger partial charge on any atom is -0.396 e. The monoisotopic (exact) mass is 242 g/mol. The molecule has 0 aromatic heterocycles. The summed E-state index contributed by atoms with van der Waals surface area (Å²) in [5.41, 5.74) is 5.71. The third-order valence-electron chi connectivity index (χ3n) is 3.73. The molecule has 0 spiro atoms. The molecule has 1 heterocycles. The van der Waals surface area contributed by atoms with Crippen molar-refractivity contribution in [3.05, 3.63) is 0 Å². The molecule has 0 aromatic rings. The van der Waals surface area contributed by atoms with E-state index < -0.39 is 0 Å². The summed E-state index contributed by atoms with van der Waals surface area (Å²) in [5, 5.41) is 9.04. The highest BCUT2D eigenvalue weighted by Crippen LogP contribution is 2.27. The fraction of sp³-hybridized carbons (Fsp3) is 0.923. The molecule has 1 atom stereocenters. The zero-order chi connectivity index (χ0) is 12.9. The Morgan fingerprint density at radius 2 is 2.18 bits per heavy atom. The van der Waals surface area contributed by atoms with Crippen molar-refractivity contribution in [3.63, 3.8) is 0 Å². The molecule has 0 bridgehead atoms. The van der Waals surface area contributed by atoms with E-state index >= 15 is 0 Å². The van der Waals surface area contributed by atoms with E-state index in [0.29, 0.717) is 13.0 Å². The molecule has 1 fully saturated rings. The van der Waals surface area contributed by atoms with Gasteiger partial charge in [0.2, 0.25) is 5.91 Å². The Morgan fingerprint density at radius 1 is 1.47 bits per heavy atom. The quantitative estimate of drug-likeness (QED) is 0.729. The Hall–Kier alpha value is -0.610. The van der Waals surface area contributed by atoms with E-state index in [-0.39, 0.29) is 23.8 Å². The average Bonchev–Trinajstić information content (AvgIpc) is 2.74. The van der Waals surface area contributed by atoms with Crippen LogP contribution in [0.1, 0.15) is 39.5 Å². The fourth-order valence-electron chi connectivity index (χ4n) is 2.33. The maximum atomic E-state index is 12.0. The SMILES string of the molecule is CC(C)(CCN)CCC(=O)N1CCC(CO)C1. The van der Waals surface area contributed by atoms with Gasteiger partial charge in [0.25, 0.3) is 0 Å². The van der Waals surface area contributed by atoms with Gasteiger partial charge in [-0.2, -0.15) is 0 Å². The molecule has 1 unspecified atom stereocenters. The Balaban J connectivity index is 2.30. The van der Waals surface area contributed by atoms with E-state index in [1.54, 1.807) is 0 Å². The fourth-order valence-corrected chi connectivity index (χ4v) is 2.33. The van der Waals surface area contributed by atoms with E-state index in [4.69, 9.17) is 10.8 Å². The molecule has 0 radical (unpaired) electrons. The molecule has 1 aliphatic rings. The van der Waals surface area contributed by atoms with Gasteiger partial charge in [0.05, 0.1) is 0 Å². The third kappa shape index (κ3) is 4.64. The third-order valence-corrected chi connectivity index (χ3v) is 3.73. The minimum absolute atomic E-state index is 0.153. The zero-order valence-electron chi connectivity index (χ0n) is 11.1. The Labute approximate surface area is 104 Å². The number of nitrogens with zero attached hydrogens (tertiary/aromatic N) is 1. The van der Waals surface area contributed by atoms with Crippen molar-refractivity contribution in [1.82, 2.24) is 4.90 Å². The maximum absolute atomic E-state index is 12.0. The predicted octanol–water partition coefficient (Wildman–Crippen LogP) is 0.982. The Morgan fingerprint density at radius 3 is 2.71 bits per heavy atom. The number of likely N-dealkylation sites (tertiary alicyclic amines) is 1. The average molecular weight is 242 g/mol. The summed E-state index contributed by atoms with van der Waals surface area (Å²) in [6.45, 7) is 6.73. The smallest absolute Gasteiger partial charge is 0.222 e. The van der Waals surface area contributed by atoms with Crippen LogP contribution < -0.4 is 5.73 Å². The van der Waals surface area contributed by atoms with Crippen molar-refractivity contribution < 1.29 is 9.90 Å². The molecule has 1 aliphatic heterocycles. The van der Waals surface area contributed by atoms with E-state index in [1.165, 1.54) is 0 Å². The molecule has 0 aliphatic carbocycles. The second-order valence-corrected chi connectivity index (χ2v) is 5.88. The highest BCUT2D eigenvalue weighted by Gasteiger charge is 2.26. The summed E-state index contributed by atoms with van der Waals surface area (Å²) in [5.74, 6) is 0.516. The molecule has 0 aromatic carbocycles. The van der Waals surface area contributed by atoms with Crippen LogP contribution in [-0.2, 0) is 4.79 Å². The van der Waals surface area contributed by atoms with Crippen molar-refractivity contribution in [2.75, 3.05) is 26.2 Å². The number of hydrogen-bond donors (Lipinski definition) is 2. The van der Waals surface area contributed by atoms with Crippen molar-refractivity contribution >= 4 is 5.91 Å². The molecule has 1 rings (SSSR count). The van der Waals surface area contributed by atoms with Crippen molar-refractivity contribution in [3.8, 4) is 0 Å². The molecule has 100 valence electrons. The van der Waals surface area contributed by atoms with Crippen LogP contribution in [-0.4, -0.2) is 42.2 Å². The molecule has 1 saturated heterocycles. The number of carbonyl (C=O) groups excluding carboxylic acids is 1. The molecular formula is C13H26N2O2. The summed E-state index contributed by atoms with van der Waals surface area (Å²) in [6, 6.07) is 0. The van der Waals surface area contributed by atoms with Crippen LogP contribution >= 0.6 is 0 Å². The first-order chi connectivity index (χ1) is 7.98. The number of nitrogens with two attached hydrogens (primary N) is 1. The van der Waals surface area contributed by atoms with Crippen LogP contribution in [0.15, 0.2) is 0 Å². The van der Waals surface area contributed by atoms with E-state index in [9.17, 15) is 4.79 Å². The number of rotatable bonds is 6. The summed E-state index contributed by atoms with van der Waals surface area (Å²) in [6.07, 6.45) is 3.39. The second kappa shape index (κ2) is 6.36. The molecule has 0 saturated carbocycles. The Bertz CT molecular complexity index is 254. The van der Waals surface area contributed by atoms with Gasteiger partial charge in [0.15, 0.2) is 0 Å². The van der Waals surface area contributed by atoms with Gasteiger partial charge >= 0.3 is 0 Å². The van der Waals surface area contributed by atoms with Gasteiger partial charge in [-0.1, -0.05) is 13.8 Å². The number of amides is 1. The molecule has 3 N–H and O–H groups in total. The van der Waals surface area contributed by atoms with Crippen LogP contribution in [0, 0.1) is 11.3 Å². The molecule has 17 heavy (non-hydrogen) atoms. The van der Waals surface area contributed by atoms with Gasteiger partial charge < -0.3 is 15.7 Å². The first-order valence-corrected chi connectivity index (χ1v) is 6.57. The van der Waals surface area contributed by atoms with Crippen molar-refractivity contribution in [2.24, 2.45) is 17.1 Å². The van der Waals surface area contributed by atoms with Gasteiger partial charge in [-0.05, 0) is 31.2 Å². The number of aliphatic hydroxyl groups excluding tert-OH is 1. The maximum Gasteiger partial charge on any atom is 0.222 e. The lowest BCUT2D eigenvalue weighted by molar-refractivity contribution is -0.130. The summed E-state index contributed by atoms with van der Waals surface area (Å²) in [7, 11) is 0. The topological polar surface area (TPSA) is 66.6 Å². The van der Waals surface area contributed by atoms with Crippen molar-refractivity contribution in [2.45, 2.75) is 39.5 Å². The number of carbonyl (C=O) groups is 1. The first kappa shape index (κ1) is 14.5. The normalized spacial score (nSPS) is 20.9. The van der Waals surface area contributed by atoms with Gasteiger partial charge in [-0.3, -0.25) is 4.79 Å². The van der Waals surface area contributed by atoms with Crippen LogP contribution in [0.3, 0.4) is 0 Å². The lowest BCUT2D eigenvalue weighted by Crippen LogP contribution is -2.30. The first-order valence-electron chi connectivity index (χ1n) is 6.57. The van der Waals surface area contributed by atoms with Crippen LogP contribution in [0.5, 0.6) is 0 Å². The number of hydrogen-bond acceptors (Lipinski definition) is 3. The molecule has 1 amide bonds. The lowest BCUT2D eigenvalue weighted by Gasteiger charge is -2.25. The van der Waals surface area contributed by atoms with E-state index in [1.807, 2.05) is 4.90 Å². The van der Waals surface area contributed by atoms with Crippen LogP contribution in [0.4, 0.5) is 0 Å². The highest BCUT2D eigenvalue weighted by atomic mass is 16.3. The molecule has 4 nitrogen and oxygen atoms in total. The Kier molecular flexibility index (Phi) is 5.40. The van der Waals surface area contributed by atoms with Gasteiger partial charge in [-0.25, -0.2) is 0 Å². The predicted molar refractivity (Wildman–Crippen MR) is 68.5 cm³/mol. The van der Waals surface area contributed by atoms with Gasteiger partial charge in [0, 0.05) is 32.0 Å². The molecular weight excluding hydrogens is 216 g/mol. The van der Waals surface area contributed by atoms with Crippen LogP contribution in [0.25, 0.3) is 0 Å². The van der Waals surface area contributed by atoms with Gasteiger partial charge in [0.1, 0.15) is 0 Å². The summed E-state index contributed by atoms with van der Waals surface area (Å²) in [4.78, 5) is 13.9. The highest BCUT2D eigenvalue weighted by molar-refractivity contribution is 5.76. The molecule has 4 heteroatoms. The zero-order valence-corrected chi connectivity index (χ0v) is 11.1. The largest absolute Gasteiger partial charge is 0.396 e. The van der Waals surface area contributed by atoms with Crippen molar-refractivity contribution in [1.29, 1.82) is 0 Å². The standard InChI is InChI=1S/C13H26N2O2/c1-13(2,6-7-14)5-3-12(17)15-8-4-11(9-15)10-16/h11,16H,3-10,14H2,1-2H3. The number of aliphatic hydroxyl groups is 1. The summed E-state index contributed by atoms with van der Waals surface area (Å²) >= 11 is 0. The lowest BCUT2D eigenvalue weighted by atomic mass is 9.84. The van der Waals surface area contributed by atoms with E-state index in [0.717, 1.165) is 32.4 Å². The minimum atomic E-state index is 0.153. The van der Waals surface area contributed by atoms with Gasteiger partial charge in [-0.15, -0.1) is 0 Å². The summed E-state index contributed by atoms with van der Waals surface area (Å²) < 4.78 is 0. The van der Waals surface area contributed by atoms with E-state index in [2.05, 4.69) is 13.8 Å².